The number of para-hydroxylation sites is 1. The second-order valence-electron chi connectivity index (χ2n) is 8.07. The summed E-state index contributed by atoms with van der Waals surface area (Å²) in [6.45, 7) is 2.02. The number of aryl methyl sites for hydroxylation is 3. The Kier molecular flexibility index (Phi) is 4.98. The first-order valence-corrected chi connectivity index (χ1v) is 11.5. The van der Waals surface area contributed by atoms with E-state index in [1.807, 2.05) is 6.07 Å². The molecule has 0 saturated heterocycles. The van der Waals surface area contributed by atoms with Gasteiger partial charge in [0.1, 0.15) is 16.1 Å². The number of carbonyl (C=O) groups excluding carboxylic acids is 1. The van der Waals surface area contributed by atoms with Gasteiger partial charge in [-0.3, -0.25) is 9.59 Å². The van der Waals surface area contributed by atoms with Gasteiger partial charge in [-0.15, -0.1) is 11.3 Å². The van der Waals surface area contributed by atoms with Gasteiger partial charge in [0.25, 0.3) is 11.5 Å². The summed E-state index contributed by atoms with van der Waals surface area (Å²) in [5.74, 6) is -0.689. The number of thiophene rings is 1. The van der Waals surface area contributed by atoms with Crippen LogP contribution in [-0.4, -0.2) is 35.6 Å². The van der Waals surface area contributed by atoms with Crippen LogP contribution in [0.4, 0.5) is 5.69 Å². The Morgan fingerprint density at radius 3 is 2.90 bits per heavy atom. The number of aromatic nitrogens is 1. The number of aromatic amines is 1. The van der Waals surface area contributed by atoms with E-state index >= 15 is 0 Å². The van der Waals surface area contributed by atoms with Crippen molar-refractivity contribution in [1.82, 2.24) is 10.3 Å². The summed E-state index contributed by atoms with van der Waals surface area (Å²) >= 11 is 1.52. The van der Waals surface area contributed by atoms with Crippen LogP contribution < -0.4 is 15.8 Å². The average molecular weight is 424 g/mol. The number of aromatic hydroxyl groups is 1. The molecule has 1 aromatic carbocycles. The van der Waals surface area contributed by atoms with E-state index in [0.717, 1.165) is 50.6 Å². The minimum atomic E-state index is -0.528. The number of H-pyrrole nitrogens is 1. The van der Waals surface area contributed by atoms with Crippen LogP contribution in [0, 0.1) is 0 Å². The van der Waals surface area contributed by atoms with E-state index in [1.165, 1.54) is 27.5 Å². The predicted octanol–water partition coefficient (Wildman–Crippen LogP) is 3.36. The number of benzene rings is 1. The summed E-state index contributed by atoms with van der Waals surface area (Å²) in [4.78, 5) is 32.3. The highest BCUT2D eigenvalue weighted by molar-refractivity contribution is 7.18. The monoisotopic (exact) mass is 423 g/mol. The van der Waals surface area contributed by atoms with Crippen molar-refractivity contribution in [2.45, 2.75) is 38.5 Å². The molecule has 3 N–H and O–H groups in total. The zero-order chi connectivity index (χ0) is 20.7. The SMILES string of the molecule is O=C(NCCN1CCCc2ccccc21)c1c(O)c2c3c(sc2[nH]c1=O)CCCC3. The molecule has 1 aliphatic carbocycles. The summed E-state index contributed by atoms with van der Waals surface area (Å²) in [5, 5.41) is 14.3. The number of carbonyl (C=O) groups is 1. The standard InChI is InChI=1S/C23H25N3O3S/c27-20-18-15-8-2-4-10-17(15)30-23(18)25-22(29)19(20)21(28)24-11-13-26-12-5-7-14-6-1-3-9-16(14)26/h1,3,6,9H,2,4-5,7-8,10-13H2,(H,24,28)(H2,25,27,29). The Bertz CT molecular complexity index is 1180. The van der Waals surface area contributed by atoms with Gasteiger partial charge in [-0.1, -0.05) is 18.2 Å². The fourth-order valence-corrected chi connectivity index (χ4v) is 6.04. The third-order valence-electron chi connectivity index (χ3n) is 6.20. The maximum absolute atomic E-state index is 12.8. The number of nitrogens with one attached hydrogen (secondary N) is 2. The lowest BCUT2D eigenvalue weighted by molar-refractivity contribution is 0.0950. The van der Waals surface area contributed by atoms with Crippen molar-refractivity contribution >= 4 is 33.1 Å². The van der Waals surface area contributed by atoms with Crippen LogP contribution >= 0.6 is 11.3 Å². The molecular weight excluding hydrogens is 398 g/mol. The lowest BCUT2D eigenvalue weighted by Crippen LogP contribution is -2.38. The summed E-state index contributed by atoms with van der Waals surface area (Å²) in [6.07, 6.45) is 6.20. The first kappa shape index (κ1) is 19.2. The number of amides is 1. The molecule has 2 aliphatic rings. The summed E-state index contributed by atoms with van der Waals surface area (Å²) in [7, 11) is 0. The van der Waals surface area contributed by atoms with Gasteiger partial charge in [0.2, 0.25) is 0 Å². The minimum absolute atomic E-state index is 0.172. The molecule has 2 aromatic heterocycles. The predicted molar refractivity (Wildman–Crippen MR) is 120 cm³/mol. The van der Waals surface area contributed by atoms with Gasteiger partial charge in [0.05, 0.1) is 5.39 Å². The molecule has 0 fully saturated rings. The number of pyridine rings is 1. The molecule has 0 atom stereocenters. The molecule has 1 amide bonds. The first-order valence-electron chi connectivity index (χ1n) is 10.6. The van der Waals surface area contributed by atoms with Gasteiger partial charge in [0, 0.05) is 30.2 Å². The van der Waals surface area contributed by atoms with Gasteiger partial charge in [-0.05, 0) is 55.7 Å². The van der Waals surface area contributed by atoms with Crippen molar-refractivity contribution in [2.24, 2.45) is 0 Å². The van der Waals surface area contributed by atoms with Crippen molar-refractivity contribution in [3.05, 3.63) is 56.2 Å². The average Bonchev–Trinajstić information content (AvgIpc) is 3.12. The van der Waals surface area contributed by atoms with Crippen LogP contribution in [0.15, 0.2) is 29.1 Å². The molecule has 3 aromatic rings. The summed E-state index contributed by atoms with van der Waals surface area (Å²) in [5.41, 5.74) is 2.93. The number of hydrogen-bond acceptors (Lipinski definition) is 5. The van der Waals surface area contributed by atoms with Gasteiger partial charge in [-0.2, -0.15) is 0 Å². The number of fused-ring (bicyclic) bond motifs is 4. The van der Waals surface area contributed by atoms with Gasteiger partial charge < -0.3 is 20.3 Å². The molecular formula is C23H25N3O3S. The van der Waals surface area contributed by atoms with E-state index in [2.05, 4.69) is 33.4 Å². The third-order valence-corrected chi connectivity index (χ3v) is 7.41. The highest BCUT2D eigenvalue weighted by Gasteiger charge is 2.25. The smallest absolute Gasteiger partial charge is 0.265 e. The van der Waals surface area contributed by atoms with Crippen LogP contribution in [-0.2, 0) is 19.3 Å². The quantitative estimate of drug-likeness (QED) is 0.601. The van der Waals surface area contributed by atoms with Crippen LogP contribution in [0.2, 0.25) is 0 Å². The Balaban J connectivity index is 1.35. The Morgan fingerprint density at radius 1 is 1.17 bits per heavy atom. The van der Waals surface area contributed by atoms with E-state index in [1.54, 1.807) is 0 Å². The van der Waals surface area contributed by atoms with Crippen LogP contribution in [0.25, 0.3) is 10.2 Å². The maximum Gasteiger partial charge on any atom is 0.265 e. The van der Waals surface area contributed by atoms with Crippen molar-refractivity contribution in [3.8, 4) is 5.75 Å². The van der Waals surface area contributed by atoms with E-state index in [4.69, 9.17) is 0 Å². The highest BCUT2D eigenvalue weighted by atomic mass is 32.1. The molecule has 156 valence electrons. The van der Waals surface area contributed by atoms with E-state index in [-0.39, 0.29) is 11.3 Å². The molecule has 1 aliphatic heterocycles. The lowest BCUT2D eigenvalue weighted by atomic mass is 9.96. The molecule has 30 heavy (non-hydrogen) atoms. The Hall–Kier alpha value is -2.80. The second-order valence-corrected chi connectivity index (χ2v) is 9.17. The first-order chi connectivity index (χ1) is 14.6. The van der Waals surface area contributed by atoms with Crippen LogP contribution in [0.3, 0.4) is 0 Å². The fourth-order valence-electron chi connectivity index (χ4n) is 4.75. The number of nitrogens with zero attached hydrogens (tertiary/aromatic N) is 1. The molecule has 0 saturated carbocycles. The fraction of sp³-hybridized carbons (Fsp3) is 0.391. The topological polar surface area (TPSA) is 85.4 Å². The maximum atomic E-state index is 12.8. The van der Waals surface area contributed by atoms with Crippen molar-refractivity contribution in [3.63, 3.8) is 0 Å². The van der Waals surface area contributed by atoms with Crippen molar-refractivity contribution in [1.29, 1.82) is 0 Å². The van der Waals surface area contributed by atoms with E-state index in [0.29, 0.717) is 23.3 Å². The molecule has 0 bridgehead atoms. The minimum Gasteiger partial charge on any atom is -0.506 e. The largest absolute Gasteiger partial charge is 0.506 e. The van der Waals surface area contributed by atoms with E-state index < -0.39 is 11.5 Å². The number of anilines is 1. The molecule has 0 radical (unpaired) electrons. The second kappa shape index (κ2) is 7.80. The zero-order valence-corrected chi connectivity index (χ0v) is 17.6. The normalized spacial score (nSPS) is 15.7. The van der Waals surface area contributed by atoms with Gasteiger partial charge in [-0.25, -0.2) is 0 Å². The van der Waals surface area contributed by atoms with Gasteiger partial charge in [0.15, 0.2) is 0 Å². The molecule has 5 rings (SSSR count). The molecule has 6 nitrogen and oxygen atoms in total. The summed E-state index contributed by atoms with van der Waals surface area (Å²) in [6, 6.07) is 8.34. The molecule has 0 spiro atoms. The number of hydrogen-bond donors (Lipinski definition) is 3. The highest BCUT2D eigenvalue weighted by Crippen LogP contribution is 2.40. The Morgan fingerprint density at radius 2 is 2.00 bits per heavy atom. The zero-order valence-electron chi connectivity index (χ0n) is 16.8. The molecule has 7 heteroatoms. The third kappa shape index (κ3) is 3.27. The summed E-state index contributed by atoms with van der Waals surface area (Å²) < 4.78 is 0. The number of rotatable bonds is 4. The van der Waals surface area contributed by atoms with Gasteiger partial charge >= 0.3 is 0 Å². The van der Waals surface area contributed by atoms with Crippen molar-refractivity contribution in [2.75, 3.05) is 24.5 Å². The van der Waals surface area contributed by atoms with Crippen LogP contribution in [0.5, 0.6) is 5.75 Å². The van der Waals surface area contributed by atoms with Crippen LogP contribution in [0.1, 0.15) is 45.6 Å². The Labute approximate surface area is 178 Å². The molecule has 0 unspecified atom stereocenters. The van der Waals surface area contributed by atoms with E-state index in [9.17, 15) is 14.7 Å². The molecule has 3 heterocycles. The lowest BCUT2D eigenvalue weighted by Gasteiger charge is -2.31. The van der Waals surface area contributed by atoms with Crippen molar-refractivity contribution < 1.29 is 9.90 Å².